The van der Waals surface area contributed by atoms with Crippen molar-refractivity contribution in [2.75, 3.05) is 27.2 Å². The van der Waals surface area contributed by atoms with E-state index >= 15 is 0 Å². The highest BCUT2D eigenvalue weighted by Crippen LogP contribution is 2.18. The Balaban J connectivity index is 1.92. The summed E-state index contributed by atoms with van der Waals surface area (Å²) in [5, 5.41) is 0. The van der Waals surface area contributed by atoms with E-state index in [9.17, 15) is 4.79 Å². The minimum absolute atomic E-state index is 0.175. The molecule has 2 rings (SSSR count). The summed E-state index contributed by atoms with van der Waals surface area (Å²) < 4.78 is 0.749. The molecule has 0 saturated carbocycles. The number of carbonyl (C=O) groups excluding carboxylic acids is 1. The summed E-state index contributed by atoms with van der Waals surface area (Å²) in [6, 6.07) is 0.513. The average molecular weight is 299 g/mol. The molecule has 0 aromatic carbocycles. The van der Waals surface area contributed by atoms with Crippen LogP contribution in [0.5, 0.6) is 0 Å². The maximum absolute atomic E-state index is 12.2. The molecule has 1 unspecified atom stereocenters. The zero-order valence-electron chi connectivity index (χ0n) is 11.7. The maximum Gasteiger partial charge on any atom is 0.227 e. The minimum atomic E-state index is 0.175. The Bertz CT molecular complexity index is 508. The molecule has 1 aromatic heterocycles. The van der Waals surface area contributed by atoms with Gasteiger partial charge in [-0.2, -0.15) is 0 Å². The Morgan fingerprint density at radius 1 is 1.63 bits per heavy atom. The van der Waals surface area contributed by atoms with Gasteiger partial charge in [0, 0.05) is 30.2 Å². The Hall–Kier alpha value is -0.720. The van der Waals surface area contributed by atoms with Gasteiger partial charge in [0.15, 0.2) is 3.95 Å². The normalized spacial score (nSPS) is 19.8. The summed E-state index contributed by atoms with van der Waals surface area (Å²) >= 11 is 6.61. The Labute approximate surface area is 123 Å². The van der Waals surface area contributed by atoms with E-state index in [2.05, 4.69) is 16.9 Å². The molecule has 1 aromatic rings. The summed E-state index contributed by atoms with van der Waals surface area (Å²) in [7, 11) is 4.04. The standard InChI is InChI=1S/C13H21N3OS2/c1-9-11(19-13(18)14-9)7-12(17)16(3)8-10-5-4-6-15(10)2/h10H,4-8H2,1-3H3,(H,14,18). The van der Waals surface area contributed by atoms with E-state index < -0.39 is 0 Å². The summed E-state index contributed by atoms with van der Waals surface area (Å²) in [6.45, 7) is 3.94. The van der Waals surface area contributed by atoms with E-state index in [1.807, 2.05) is 18.9 Å². The van der Waals surface area contributed by atoms with Gasteiger partial charge in [0.2, 0.25) is 5.91 Å². The van der Waals surface area contributed by atoms with Crippen molar-refractivity contribution in [3.63, 3.8) is 0 Å². The van der Waals surface area contributed by atoms with Crippen LogP contribution in [0.4, 0.5) is 0 Å². The molecular formula is C13H21N3OS2. The number of hydrogen-bond acceptors (Lipinski definition) is 4. The lowest BCUT2D eigenvalue weighted by Crippen LogP contribution is -2.40. The maximum atomic E-state index is 12.2. The number of aryl methyl sites for hydroxylation is 1. The molecule has 1 amide bonds. The van der Waals surface area contributed by atoms with Gasteiger partial charge in [-0.25, -0.2) is 0 Å². The number of carbonyl (C=O) groups is 1. The summed E-state index contributed by atoms with van der Waals surface area (Å²) in [4.78, 5) is 20.6. The van der Waals surface area contributed by atoms with Gasteiger partial charge in [-0.1, -0.05) is 0 Å². The molecule has 0 spiro atoms. The number of thiazole rings is 1. The second-order valence-corrected chi connectivity index (χ2v) is 7.06. The number of rotatable bonds is 4. The molecule has 6 heteroatoms. The number of aromatic nitrogens is 1. The van der Waals surface area contributed by atoms with Crippen molar-refractivity contribution >= 4 is 29.5 Å². The number of nitrogens with zero attached hydrogens (tertiary/aromatic N) is 2. The topological polar surface area (TPSA) is 39.3 Å². The molecule has 1 aliphatic rings. The zero-order chi connectivity index (χ0) is 14.0. The number of aromatic amines is 1. The predicted octanol–water partition coefficient (Wildman–Crippen LogP) is 2.21. The zero-order valence-corrected chi connectivity index (χ0v) is 13.4. The van der Waals surface area contributed by atoms with Gasteiger partial charge in [0.25, 0.3) is 0 Å². The molecule has 106 valence electrons. The second-order valence-electron chi connectivity index (χ2n) is 5.29. The molecule has 4 nitrogen and oxygen atoms in total. The van der Waals surface area contributed by atoms with Crippen molar-refractivity contribution in [3.05, 3.63) is 14.5 Å². The van der Waals surface area contributed by atoms with Gasteiger partial charge in [-0.15, -0.1) is 11.3 Å². The smallest absolute Gasteiger partial charge is 0.227 e. The number of likely N-dealkylation sites (tertiary alicyclic amines) is 1. The van der Waals surface area contributed by atoms with E-state index in [-0.39, 0.29) is 5.91 Å². The van der Waals surface area contributed by atoms with Crippen LogP contribution in [0.3, 0.4) is 0 Å². The first-order valence-corrected chi connectivity index (χ1v) is 7.82. The first kappa shape index (κ1) is 14.7. The number of nitrogens with one attached hydrogen (secondary N) is 1. The minimum Gasteiger partial charge on any atom is -0.344 e. The molecule has 0 aliphatic carbocycles. The molecule has 0 bridgehead atoms. The van der Waals surface area contributed by atoms with Gasteiger partial charge in [-0.05, 0) is 45.6 Å². The number of amides is 1. The fourth-order valence-electron chi connectivity index (χ4n) is 2.51. The Kier molecular flexibility index (Phi) is 4.76. The quantitative estimate of drug-likeness (QED) is 0.867. The number of likely N-dealkylation sites (N-methyl/N-ethyl adjacent to an activating group) is 2. The average Bonchev–Trinajstić information content (AvgIpc) is 2.86. The van der Waals surface area contributed by atoms with Crippen molar-refractivity contribution in [3.8, 4) is 0 Å². The molecule has 1 saturated heterocycles. The van der Waals surface area contributed by atoms with Crippen LogP contribution < -0.4 is 0 Å². The van der Waals surface area contributed by atoms with Gasteiger partial charge in [-0.3, -0.25) is 4.79 Å². The first-order valence-electron chi connectivity index (χ1n) is 6.60. The molecule has 19 heavy (non-hydrogen) atoms. The van der Waals surface area contributed by atoms with Crippen LogP contribution >= 0.6 is 23.6 Å². The van der Waals surface area contributed by atoms with Crippen molar-refractivity contribution < 1.29 is 4.79 Å². The van der Waals surface area contributed by atoms with Crippen molar-refractivity contribution in [2.24, 2.45) is 0 Å². The van der Waals surface area contributed by atoms with Crippen LogP contribution in [-0.2, 0) is 11.2 Å². The lowest BCUT2D eigenvalue weighted by atomic mass is 10.2. The van der Waals surface area contributed by atoms with Crippen molar-refractivity contribution in [1.29, 1.82) is 0 Å². The van der Waals surface area contributed by atoms with Gasteiger partial charge in [0.1, 0.15) is 0 Å². The molecule has 1 aliphatic heterocycles. The molecule has 0 radical (unpaired) electrons. The lowest BCUT2D eigenvalue weighted by Gasteiger charge is -2.25. The van der Waals surface area contributed by atoms with E-state index in [1.165, 1.54) is 24.2 Å². The monoisotopic (exact) mass is 299 g/mol. The van der Waals surface area contributed by atoms with E-state index in [1.54, 1.807) is 0 Å². The molecular weight excluding hydrogens is 278 g/mol. The van der Waals surface area contributed by atoms with Crippen LogP contribution in [0, 0.1) is 10.9 Å². The van der Waals surface area contributed by atoms with Gasteiger partial charge in [0.05, 0.1) is 6.42 Å². The molecule has 1 fully saturated rings. The van der Waals surface area contributed by atoms with Crippen LogP contribution in [0.2, 0.25) is 0 Å². The van der Waals surface area contributed by atoms with Gasteiger partial charge < -0.3 is 14.8 Å². The molecule has 2 heterocycles. The Morgan fingerprint density at radius 2 is 2.37 bits per heavy atom. The predicted molar refractivity (Wildman–Crippen MR) is 81.2 cm³/mol. The summed E-state index contributed by atoms with van der Waals surface area (Å²) in [6.07, 6.45) is 2.88. The fourth-order valence-corrected chi connectivity index (χ4v) is 3.79. The Morgan fingerprint density at radius 3 is 2.89 bits per heavy atom. The third kappa shape index (κ3) is 3.64. The number of H-pyrrole nitrogens is 1. The first-order chi connectivity index (χ1) is 8.97. The fraction of sp³-hybridized carbons (Fsp3) is 0.692. The highest BCUT2D eigenvalue weighted by molar-refractivity contribution is 7.73. The van der Waals surface area contributed by atoms with Crippen LogP contribution in [-0.4, -0.2) is 53.9 Å². The molecule has 1 N–H and O–H groups in total. The van der Waals surface area contributed by atoms with E-state index in [0.29, 0.717) is 12.5 Å². The largest absolute Gasteiger partial charge is 0.344 e. The van der Waals surface area contributed by atoms with Crippen LogP contribution in [0.25, 0.3) is 0 Å². The van der Waals surface area contributed by atoms with Crippen molar-refractivity contribution in [1.82, 2.24) is 14.8 Å². The third-order valence-corrected chi connectivity index (χ3v) is 5.15. The van der Waals surface area contributed by atoms with E-state index in [4.69, 9.17) is 12.2 Å². The molecule has 1 atom stereocenters. The van der Waals surface area contributed by atoms with Crippen LogP contribution in [0.15, 0.2) is 0 Å². The second kappa shape index (κ2) is 6.15. The van der Waals surface area contributed by atoms with Crippen LogP contribution in [0.1, 0.15) is 23.4 Å². The van der Waals surface area contributed by atoms with E-state index in [0.717, 1.165) is 27.6 Å². The lowest BCUT2D eigenvalue weighted by molar-refractivity contribution is -0.129. The summed E-state index contributed by atoms with van der Waals surface area (Å²) in [5.74, 6) is 0.175. The third-order valence-electron chi connectivity index (χ3n) is 3.82. The number of hydrogen-bond donors (Lipinski definition) is 1. The van der Waals surface area contributed by atoms with Gasteiger partial charge >= 0.3 is 0 Å². The highest BCUT2D eigenvalue weighted by atomic mass is 32.1. The summed E-state index contributed by atoms with van der Waals surface area (Å²) in [5.41, 5.74) is 1.02. The SMILES string of the molecule is Cc1[nH]c(=S)sc1CC(=O)N(C)CC1CCCN1C. The van der Waals surface area contributed by atoms with Crippen molar-refractivity contribution in [2.45, 2.75) is 32.2 Å². The highest BCUT2D eigenvalue weighted by Gasteiger charge is 2.24.